The number of nitrogens with two attached hydrogens (primary N) is 1. The van der Waals surface area contributed by atoms with Gasteiger partial charge in [-0.1, -0.05) is 12.8 Å². The number of carbonyl (C=O) groups excluding carboxylic acids is 1. The zero-order chi connectivity index (χ0) is 16.2. The number of piperidine rings is 1. The predicted molar refractivity (Wildman–Crippen MR) is 90.3 cm³/mol. The van der Waals surface area contributed by atoms with Crippen LogP contribution in [0.2, 0.25) is 0 Å². The van der Waals surface area contributed by atoms with Crippen molar-refractivity contribution < 1.29 is 9.21 Å². The summed E-state index contributed by atoms with van der Waals surface area (Å²) in [5.74, 6) is 1.38. The zero-order valence-electron chi connectivity index (χ0n) is 14.2. The van der Waals surface area contributed by atoms with Gasteiger partial charge in [-0.25, -0.2) is 0 Å². The van der Waals surface area contributed by atoms with Gasteiger partial charge in [0.1, 0.15) is 5.76 Å². The van der Waals surface area contributed by atoms with Gasteiger partial charge in [0.05, 0.1) is 6.04 Å². The molecule has 0 spiro atoms. The van der Waals surface area contributed by atoms with Crippen molar-refractivity contribution in [2.24, 2.45) is 5.73 Å². The topological polar surface area (TPSA) is 62.7 Å². The molecule has 2 saturated heterocycles. The lowest BCUT2D eigenvalue weighted by molar-refractivity contribution is 0.0676. The highest BCUT2D eigenvalue weighted by molar-refractivity contribution is 5.91. The summed E-state index contributed by atoms with van der Waals surface area (Å²) in [6, 6.07) is 4.28. The highest BCUT2D eigenvalue weighted by Gasteiger charge is 2.26. The average molecular weight is 319 g/mol. The first-order valence-corrected chi connectivity index (χ1v) is 9.04. The van der Waals surface area contributed by atoms with E-state index in [1.54, 1.807) is 0 Å². The Labute approximate surface area is 138 Å². The number of furan rings is 1. The van der Waals surface area contributed by atoms with E-state index < -0.39 is 0 Å². The third kappa shape index (κ3) is 3.96. The minimum absolute atomic E-state index is 0.00576. The Morgan fingerprint density at radius 2 is 1.78 bits per heavy atom. The second-order valence-electron chi connectivity index (χ2n) is 6.96. The smallest absolute Gasteiger partial charge is 0.289 e. The predicted octanol–water partition coefficient (Wildman–Crippen LogP) is 2.78. The molecule has 0 aromatic carbocycles. The first kappa shape index (κ1) is 16.5. The maximum absolute atomic E-state index is 12.6. The van der Waals surface area contributed by atoms with Crippen LogP contribution in [0.3, 0.4) is 0 Å². The molecule has 5 heteroatoms. The standard InChI is InChI=1S/C18H29N3O2/c1-14(20-10-4-2-3-5-11-20)16-6-7-17(23-16)18(22)21-12-8-15(19)9-13-21/h6-7,14-15H,2-5,8-13,19H2,1H3. The molecular formula is C18H29N3O2. The molecule has 3 heterocycles. The van der Waals surface area contributed by atoms with Gasteiger partial charge in [0.15, 0.2) is 5.76 Å². The van der Waals surface area contributed by atoms with Crippen molar-refractivity contribution in [2.75, 3.05) is 26.2 Å². The van der Waals surface area contributed by atoms with Crippen LogP contribution in [0, 0.1) is 0 Å². The molecule has 128 valence electrons. The Morgan fingerprint density at radius 1 is 1.13 bits per heavy atom. The minimum atomic E-state index is 0.00576. The summed E-state index contributed by atoms with van der Waals surface area (Å²) in [6.07, 6.45) is 6.91. The van der Waals surface area contributed by atoms with E-state index in [-0.39, 0.29) is 18.0 Å². The molecule has 1 atom stereocenters. The number of likely N-dealkylation sites (tertiary alicyclic amines) is 2. The van der Waals surface area contributed by atoms with Gasteiger partial charge in [-0.05, 0) is 57.8 Å². The van der Waals surface area contributed by atoms with Crippen LogP contribution >= 0.6 is 0 Å². The van der Waals surface area contributed by atoms with E-state index in [4.69, 9.17) is 10.2 Å². The fourth-order valence-electron chi connectivity index (χ4n) is 3.61. The van der Waals surface area contributed by atoms with Gasteiger partial charge < -0.3 is 15.1 Å². The van der Waals surface area contributed by atoms with Crippen LogP contribution in [-0.4, -0.2) is 47.9 Å². The molecule has 5 nitrogen and oxygen atoms in total. The number of carbonyl (C=O) groups is 1. The lowest BCUT2D eigenvalue weighted by atomic mass is 10.1. The maximum atomic E-state index is 12.6. The third-order valence-electron chi connectivity index (χ3n) is 5.26. The zero-order valence-corrected chi connectivity index (χ0v) is 14.2. The van der Waals surface area contributed by atoms with Gasteiger partial charge in [0.2, 0.25) is 0 Å². The Kier molecular flexibility index (Phi) is 5.38. The molecular weight excluding hydrogens is 290 g/mol. The van der Waals surface area contributed by atoms with Gasteiger partial charge in [-0.2, -0.15) is 0 Å². The summed E-state index contributed by atoms with van der Waals surface area (Å²) >= 11 is 0. The van der Waals surface area contributed by atoms with Crippen LogP contribution in [0.25, 0.3) is 0 Å². The van der Waals surface area contributed by atoms with Gasteiger partial charge in [-0.3, -0.25) is 9.69 Å². The van der Waals surface area contributed by atoms with Crippen molar-refractivity contribution in [3.63, 3.8) is 0 Å². The highest BCUT2D eigenvalue weighted by Crippen LogP contribution is 2.26. The van der Waals surface area contributed by atoms with Crippen LogP contribution < -0.4 is 5.73 Å². The monoisotopic (exact) mass is 319 g/mol. The number of nitrogens with zero attached hydrogens (tertiary/aromatic N) is 2. The molecule has 1 unspecified atom stereocenters. The second-order valence-corrected chi connectivity index (χ2v) is 6.96. The molecule has 2 N–H and O–H groups in total. The van der Waals surface area contributed by atoms with E-state index in [1.807, 2.05) is 17.0 Å². The van der Waals surface area contributed by atoms with E-state index in [2.05, 4.69) is 11.8 Å². The SMILES string of the molecule is CC(c1ccc(C(=O)N2CCC(N)CC2)o1)N1CCCCCC1. The lowest BCUT2D eigenvalue weighted by Gasteiger charge is -2.29. The molecule has 2 fully saturated rings. The summed E-state index contributed by atoms with van der Waals surface area (Å²) in [4.78, 5) is 16.9. The van der Waals surface area contributed by atoms with Crippen molar-refractivity contribution in [3.8, 4) is 0 Å². The van der Waals surface area contributed by atoms with E-state index in [0.29, 0.717) is 5.76 Å². The molecule has 0 bridgehead atoms. The molecule has 0 saturated carbocycles. The van der Waals surface area contributed by atoms with Crippen LogP contribution in [-0.2, 0) is 0 Å². The molecule has 2 aliphatic heterocycles. The van der Waals surface area contributed by atoms with Crippen molar-refractivity contribution in [1.82, 2.24) is 9.80 Å². The molecule has 1 amide bonds. The number of hydrogen-bond donors (Lipinski definition) is 1. The first-order valence-electron chi connectivity index (χ1n) is 9.04. The molecule has 3 rings (SSSR count). The van der Waals surface area contributed by atoms with Crippen molar-refractivity contribution in [1.29, 1.82) is 0 Å². The fraction of sp³-hybridized carbons (Fsp3) is 0.722. The van der Waals surface area contributed by atoms with Gasteiger partial charge in [-0.15, -0.1) is 0 Å². The van der Waals surface area contributed by atoms with E-state index in [0.717, 1.165) is 44.8 Å². The minimum Gasteiger partial charge on any atom is -0.454 e. The van der Waals surface area contributed by atoms with Crippen molar-refractivity contribution in [3.05, 3.63) is 23.7 Å². The van der Waals surface area contributed by atoms with Crippen LogP contribution in [0.4, 0.5) is 0 Å². The van der Waals surface area contributed by atoms with Crippen LogP contribution in [0.15, 0.2) is 16.5 Å². The summed E-state index contributed by atoms with van der Waals surface area (Å²) in [6.45, 7) is 5.89. The average Bonchev–Trinajstić information content (AvgIpc) is 2.90. The normalized spacial score (nSPS) is 22.8. The van der Waals surface area contributed by atoms with Crippen molar-refractivity contribution in [2.45, 2.75) is 57.5 Å². The van der Waals surface area contributed by atoms with Crippen LogP contribution in [0.1, 0.15) is 67.8 Å². The first-order chi connectivity index (χ1) is 11.1. The quantitative estimate of drug-likeness (QED) is 0.930. The Hall–Kier alpha value is -1.33. The molecule has 1 aromatic heterocycles. The van der Waals surface area contributed by atoms with Crippen LogP contribution in [0.5, 0.6) is 0 Å². The van der Waals surface area contributed by atoms with E-state index in [9.17, 15) is 4.79 Å². The fourth-order valence-corrected chi connectivity index (χ4v) is 3.61. The maximum Gasteiger partial charge on any atom is 0.289 e. The summed E-state index contributed by atoms with van der Waals surface area (Å²) in [5, 5.41) is 0. The molecule has 0 radical (unpaired) electrons. The van der Waals surface area contributed by atoms with E-state index in [1.165, 1.54) is 25.7 Å². The largest absolute Gasteiger partial charge is 0.454 e. The molecule has 23 heavy (non-hydrogen) atoms. The van der Waals surface area contributed by atoms with E-state index >= 15 is 0 Å². The lowest BCUT2D eigenvalue weighted by Crippen LogP contribution is -2.42. The van der Waals surface area contributed by atoms with Gasteiger partial charge >= 0.3 is 0 Å². The second kappa shape index (κ2) is 7.49. The molecule has 1 aromatic rings. The van der Waals surface area contributed by atoms with Gasteiger partial charge in [0, 0.05) is 19.1 Å². The Morgan fingerprint density at radius 3 is 2.43 bits per heavy atom. The number of amides is 1. The summed E-state index contributed by atoms with van der Waals surface area (Å²) in [7, 11) is 0. The van der Waals surface area contributed by atoms with Gasteiger partial charge in [0.25, 0.3) is 5.91 Å². The summed E-state index contributed by atoms with van der Waals surface area (Å²) in [5.41, 5.74) is 5.91. The third-order valence-corrected chi connectivity index (χ3v) is 5.26. The number of rotatable bonds is 3. The Balaban J connectivity index is 1.63. The Bertz CT molecular complexity index is 512. The van der Waals surface area contributed by atoms with Crippen molar-refractivity contribution >= 4 is 5.91 Å². The highest BCUT2D eigenvalue weighted by atomic mass is 16.4. The summed E-state index contributed by atoms with van der Waals surface area (Å²) < 4.78 is 5.92. The molecule has 0 aliphatic carbocycles. The molecule has 2 aliphatic rings. The number of hydrogen-bond acceptors (Lipinski definition) is 4.